The summed E-state index contributed by atoms with van der Waals surface area (Å²) in [6.45, 7) is 0. The van der Waals surface area contributed by atoms with E-state index in [9.17, 15) is 28.9 Å². The summed E-state index contributed by atoms with van der Waals surface area (Å²) < 4.78 is 24.8. The number of nitriles is 1. The second kappa shape index (κ2) is 7.34. The van der Waals surface area contributed by atoms with Crippen LogP contribution >= 0.6 is 11.6 Å². The number of rotatable bonds is 5. The van der Waals surface area contributed by atoms with Gasteiger partial charge in [0, 0.05) is 11.1 Å². The van der Waals surface area contributed by atoms with E-state index in [2.05, 4.69) is 0 Å². The Morgan fingerprint density at radius 1 is 1.28 bits per heavy atom. The number of hydrogen-bond acceptors (Lipinski definition) is 6. The standard InChI is InChI=1S/C16H11ClN2O5S/c17-13-4-1-11(2-5-13)10-25(23,24)14(9-18)7-12-3-6-16(20)15(8-12)19(21)22/h1-8,20H,10H2/b14-7-. The lowest BCUT2D eigenvalue weighted by Crippen LogP contribution is -2.06. The molecule has 0 aliphatic carbocycles. The van der Waals surface area contributed by atoms with E-state index < -0.39 is 36.9 Å². The maximum absolute atomic E-state index is 12.4. The summed E-state index contributed by atoms with van der Waals surface area (Å²) in [5.41, 5.74) is -0.0240. The van der Waals surface area contributed by atoms with Crippen molar-refractivity contribution in [3.63, 3.8) is 0 Å². The molecule has 0 bridgehead atoms. The Morgan fingerprint density at radius 3 is 2.48 bits per heavy atom. The first-order chi connectivity index (χ1) is 11.7. The minimum atomic E-state index is -3.96. The van der Waals surface area contributed by atoms with Crippen molar-refractivity contribution in [2.75, 3.05) is 0 Å². The Hall–Kier alpha value is -2.89. The molecule has 2 aromatic carbocycles. The van der Waals surface area contributed by atoms with Gasteiger partial charge in [-0.2, -0.15) is 5.26 Å². The third kappa shape index (κ3) is 4.56. The molecular formula is C16H11ClN2O5S. The van der Waals surface area contributed by atoms with E-state index >= 15 is 0 Å². The van der Waals surface area contributed by atoms with E-state index in [1.54, 1.807) is 6.07 Å². The molecule has 25 heavy (non-hydrogen) atoms. The molecule has 128 valence electrons. The first kappa shape index (κ1) is 18.4. The predicted molar refractivity (Wildman–Crippen MR) is 92.4 cm³/mol. The number of hydrogen-bond donors (Lipinski definition) is 1. The minimum absolute atomic E-state index is 0.112. The first-order valence-electron chi connectivity index (χ1n) is 6.79. The van der Waals surface area contributed by atoms with Crippen LogP contribution in [0.1, 0.15) is 11.1 Å². The van der Waals surface area contributed by atoms with E-state index in [1.807, 2.05) is 0 Å². The minimum Gasteiger partial charge on any atom is -0.502 e. The third-order valence-corrected chi connectivity index (χ3v) is 5.05. The van der Waals surface area contributed by atoms with Gasteiger partial charge in [-0.1, -0.05) is 29.8 Å². The highest BCUT2D eigenvalue weighted by Gasteiger charge is 2.20. The fraction of sp³-hybridized carbons (Fsp3) is 0.0625. The Bertz CT molecular complexity index is 992. The Kier molecular flexibility index (Phi) is 5.41. The smallest absolute Gasteiger partial charge is 0.311 e. The van der Waals surface area contributed by atoms with Gasteiger partial charge in [-0.05, 0) is 35.4 Å². The topological polar surface area (TPSA) is 121 Å². The number of nitro benzene ring substituents is 1. The lowest BCUT2D eigenvalue weighted by molar-refractivity contribution is -0.385. The lowest BCUT2D eigenvalue weighted by atomic mass is 10.2. The molecule has 0 fully saturated rings. The van der Waals surface area contributed by atoms with Crippen LogP contribution in [0.2, 0.25) is 5.02 Å². The van der Waals surface area contributed by atoms with Crippen molar-refractivity contribution >= 4 is 33.2 Å². The van der Waals surface area contributed by atoms with Crippen molar-refractivity contribution < 1.29 is 18.4 Å². The van der Waals surface area contributed by atoms with E-state index in [4.69, 9.17) is 11.6 Å². The zero-order chi connectivity index (χ0) is 18.6. The molecule has 2 rings (SSSR count). The summed E-state index contributed by atoms with van der Waals surface area (Å²) in [7, 11) is -3.96. The number of phenolic OH excluding ortho intramolecular Hbond substituents is 1. The summed E-state index contributed by atoms with van der Waals surface area (Å²) >= 11 is 5.74. The van der Waals surface area contributed by atoms with Crippen LogP contribution in [0.3, 0.4) is 0 Å². The van der Waals surface area contributed by atoms with Crippen LogP contribution in [0.4, 0.5) is 5.69 Å². The van der Waals surface area contributed by atoms with Crippen molar-refractivity contribution in [3.8, 4) is 11.8 Å². The molecule has 0 saturated heterocycles. The van der Waals surface area contributed by atoms with Gasteiger partial charge in [0.25, 0.3) is 0 Å². The molecule has 0 aliphatic rings. The molecule has 0 atom stereocenters. The monoisotopic (exact) mass is 378 g/mol. The molecule has 0 radical (unpaired) electrons. The van der Waals surface area contributed by atoms with Crippen molar-refractivity contribution in [2.24, 2.45) is 0 Å². The van der Waals surface area contributed by atoms with Crippen LogP contribution in [0.5, 0.6) is 5.75 Å². The van der Waals surface area contributed by atoms with Gasteiger partial charge in [-0.15, -0.1) is 0 Å². The number of nitrogens with zero attached hydrogens (tertiary/aromatic N) is 2. The Labute approximate surface area is 148 Å². The molecular weight excluding hydrogens is 368 g/mol. The highest BCUT2D eigenvalue weighted by Crippen LogP contribution is 2.28. The Balaban J connectivity index is 2.39. The van der Waals surface area contributed by atoms with Crippen LogP contribution in [0.15, 0.2) is 47.4 Å². The molecule has 2 aromatic rings. The summed E-state index contributed by atoms with van der Waals surface area (Å²) in [5, 5.41) is 29.9. The molecule has 9 heteroatoms. The molecule has 0 aliphatic heterocycles. The van der Waals surface area contributed by atoms with Gasteiger partial charge in [0.15, 0.2) is 15.6 Å². The van der Waals surface area contributed by atoms with Gasteiger partial charge in [0.2, 0.25) is 0 Å². The van der Waals surface area contributed by atoms with E-state index in [0.717, 1.165) is 18.2 Å². The maximum Gasteiger partial charge on any atom is 0.311 e. The number of aromatic hydroxyl groups is 1. The summed E-state index contributed by atoms with van der Waals surface area (Å²) in [6.07, 6.45) is 1.03. The van der Waals surface area contributed by atoms with Crippen molar-refractivity contribution in [2.45, 2.75) is 5.75 Å². The zero-order valence-corrected chi connectivity index (χ0v) is 14.2. The van der Waals surface area contributed by atoms with Crippen LogP contribution in [0.25, 0.3) is 6.08 Å². The molecule has 0 saturated carbocycles. The predicted octanol–water partition coefficient (Wildman–Crippen LogP) is 3.43. The lowest BCUT2D eigenvalue weighted by Gasteiger charge is -2.04. The van der Waals surface area contributed by atoms with Gasteiger partial charge in [0.1, 0.15) is 11.0 Å². The summed E-state index contributed by atoms with van der Waals surface area (Å²) in [6, 6.07) is 11.0. The van der Waals surface area contributed by atoms with Crippen molar-refractivity contribution in [3.05, 3.63) is 73.6 Å². The van der Waals surface area contributed by atoms with Gasteiger partial charge in [-0.25, -0.2) is 8.42 Å². The number of benzene rings is 2. The van der Waals surface area contributed by atoms with Crippen molar-refractivity contribution in [1.29, 1.82) is 5.26 Å². The molecule has 0 amide bonds. The second-order valence-corrected chi connectivity index (χ2v) is 7.41. The van der Waals surface area contributed by atoms with Crippen LogP contribution in [0, 0.1) is 21.4 Å². The average Bonchev–Trinajstić information content (AvgIpc) is 2.55. The van der Waals surface area contributed by atoms with Gasteiger partial charge < -0.3 is 5.11 Å². The fourth-order valence-electron chi connectivity index (χ4n) is 2.00. The second-order valence-electron chi connectivity index (χ2n) is 5.01. The molecule has 0 aromatic heterocycles. The number of allylic oxidation sites excluding steroid dienone is 1. The molecule has 0 unspecified atom stereocenters. The number of phenols is 1. The van der Waals surface area contributed by atoms with Crippen molar-refractivity contribution in [1.82, 2.24) is 0 Å². The van der Waals surface area contributed by atoms with E-state index in [1.165, 1.54) is 30.3 Å². The average molecular weight is 379 g/mol. The van der Waals surface area contributed by atoms with Crippen LogP contribution in [-0.2, 0) is 15.6 Å². The fourth-order valence-corrected chi connectivity index (χ4v) is 3.36. The highest BCUT2D eigenvalue weighted by atomic mass is 35.5. The number of halogens is 1. The quantitative estimate of drug-likeness (QED) is 0.483. The number of nitro groups is 1. The van der Waals surface area contributed by atoms with Gasteiger partial charge in [0.05, 0.1) is 10.7 Å². The van der Waals surface area contributed by atoms with E-state index in [0.29, 0.717) is 10.6 Å². The largest absolute Gasteiger partial charge is 0.502 e. The normalized spacial score (nSPS) is 11.8. The SMILES string of the molecule is N#C/C(=C/c1ccc(O)c([N+](=O)[O-])c1)S(=O)(=O)Cc1ccc(Cl)cc1. The number of sulfone groups is 1. The Morgan fingerprint density at radius 2 is 1.92 bits per heavy atom. The van der Waals surface area contributed by atoms with E-state index in [-0.39, 0.29) is 5.56 Å². The van der Waals surface area contributed by atoms with Crippen LogP contribution < -0.4 is 0 Å². The van der Waals surface area contributed by atoms with Gasteiger partial charge >= 0.3 is 5.69 Å². The summed E-state index contributed by atoms with van der Waals surface area (Å²) in [5.74, 6) is -0.964. The summed E-state index contributed by atoms with van der Waals surface area (Å²) in [4.78, 5) is 9.48. The zero-order valence-electron chi connectivity index (χ0n) is 12.6. The molecule has 1 N–H and O–H groups in total. The highest BCUT2D eigenvalue weighted by molar-refractivity contribution is 7.95. The molecule has 0 heterocycles. The van der Waals surface area contributed by atoms with Gasteiger partial charge in [-0.3, -0.25) is 10.1 Å². The maximum atomic E-state index is 12.4. The molecule has 7 nitrogen and oxygen atoms in total. The first-order valence-corrected chi connectivity index (χ1v) is 8.82. The molecule has 0 spiro atoms. The van der Waals surface area contributed by atoms with Crippen LogP contribution in [-0.4, -0.2) is 18.4 Å². The third-order valence-electron chi connectivity index (χ3n) is 3.21.